The molecule has 4 heterocycles. The second-order valence-corrected chi connectivity index (χ2v) is 7.67. The highest BCUT2D eigenvalue weighted by molar-refractivity contribution is 6.12. The molecule has 1 aliphatic heterocycles. The summed E-state index contributed by atoms with van der Waals surface area (Å²) in [6, 6.07) is 7.24. The molecule has 3 aromatic heterocycles. The first-order valence-corrected chi connectivity index (χ1v) is 9.81. The molecule has 2 aromatic carbocycles. The maximum Gasteiger partial charge on any atom is 0.274 e. The van der Waals surface area contributed by atoms with Crippen molar-refractivity contribution < 1.29 is 4.39 Å². The molecule has 10 nitrogen and oxygen atoms in total. The number of nitrogens with one attached hydrogen (secondary N) is 3. The Kier molecular flexibility index (Phi) is 3.75. The molecule has 0 radical (unpaired) electrons. The Bertz CT molecular complexity index is 1640. The molecular formula is C21H15FN8O2. The van der Waals surface area contributed by atoms with Gasteiger partial charge in [0.25, 0.3) is 11.1 Å². The third kappa shape index (κ3) is 2.51. The number of hydrogen-bond acceptors (Lipinski definition) is 7. The van der Waals surface area contributed by atoms with E-state index < -0.39 is 17.5 Å². The zero-order valence-electron chi connectivity index (χ0n) is 16.6. The van der Waals surface area contributed by atoms with Crippen LogP contribution in [0.5, 0.6) is 0 Å². The average Bonchev–Trinajstić information content (AvgIpc) is 3.21. The minimum Gasteiger partial charge on any atom is -0.376 e. The summed E-state index contributed by atoms with van der Waals surface area (Å²) in [5, 5.41) is 22.7. The minimum atomic E-state index is -0.474. The summed E-state index contributed by atoms with van der Waals surface area (Å²) in [7, 11) is 1.76. The number of fused-ring (bicyclic) bond motifs is 2. The molecular weight excluding hydrogens is 415 g/mol. The van der Waals surface area contributed by atoms with Gasteiger partial charge < -0.3 is 5.32 Å². The van der Waals surface area contributed by atoms with Crippen molar-refractivity contribution >= 4 is 27.2 Å². The van der Waals surface area contributed by atoms with Crippen LogP contribution in [0.25, 0.3) is 21.5 Å². The average molecular weight is 430 g/mol. The molecule has 5 aromatic rings. The molecule has 32 heavy (non-hydrogen) atoms. The molecule has 158 valence electrons. The van der Waals surface area contributed by atoms with Crippen molar-refractivity contribution in [3.8, 4) is 0 Å². The van der Waals surface area contributed by atoms with Crippen LogP contribution in [0, 0.1) is 5.82 Å². The van der Waals surface area contributed by atoms with E-state index in [2.05, 4.69) is 35.8 Å². The van der Waals surface area contributed by atoms with Crippen LogP contribution in [-0.4, -0.2) is 35.2 Å². The van der Waals surface area contributed by atoms with Gasteiger partial charge in [0.1, 0.15) is 18.0 Å². The molecule has 0 fully saturated rings. The summed E-state index contributed by atoms with van der Waals surface area (Å²) in [5.41, 5.74) is 0.993. The Hall–Kier alpha value is -4.41. The SMILES string of the molecule is Cn1ncnc1[C@H]1c2n[nH]c(=O)c3cc4cn[nH]c(=O)c4c(c23)N[C@@H]1c1ccc(F)cc1. The summed E-state index contributed by atoms with van der Waals surface area (Å²) >= 11 is 0. The van der Waals surface area contributed by atoms with Gasteiger partial charge in [0.05, 0.1) is 40.3 Å². The van der Waals surface area contributed by atoms with E-state index in [0.29, 0.717) is 38.8 Å². The van der Waals surface area contributed by atoms with Gasteiger partial charge in [-0.1, -0.05) is 12.1 Å². The monoisotopic (exact) mass is 430 g/mol. The van der Waals surface area contributed by atoms with Gasteiger partial charge in [0, 0.05) is 17.8 Å². The van der Waals surface area contributed by atoms with Crippen molar-refractivity contribution in [3.63, 3.8) is 0 Å². The van der Waals surface area contributed by atoms with Crippen molar-refractivity contribution in [2.75, 3.05) is 5.32 Å². The van der Waals surface area contributed by atoms with Crippen molar-refractivity contribution in [2.24, 2.45) is 7.05 Å². The molecule has 0 saturated carbocycles. The van der Waals surface area contributed by atoms with Gasteiger partial charge in [-0.25, -0.2) is 19.6 Å². The number of benzene rings is 2. The Morgan fingerprint density at radius 3 is 2.62 bits per heavy atom. The Balaban J connectivity index is 1.76. The molecule has 0 bridgehead atoms. The van der Waals surface area contributed by atoms with Crippen LogP contribution in [0.15, 0.2) is 52.4 Å². The number of nitrogens with zero attached hydrogens (tertiary/aromatic N) is 5. The fourth-order valence-electron chi connectivity index (χ4n) is 4.51. The number of rotatable bonds is 2. The highest BCUT2D eigenvalue weighted by Gasteiger charge is 2.38. The first kappa shape index (κ1) is 18.4. The number of aryl methyl sites for hydroxylation is 1. The number of aromatic nitrogens is 7. The summed E-state index contributed by atoms with van der Waals surface area (Å²) in [5.74, 6) is -0.238. The zero-order chi connectivity index (χ0) is 22.0. The lowest BCUT2D eigenvalue weighted by Gasteiger charge is -2.34. The van der Waals surface area contributed by atoms with Gasteiger partial charge in [-0.05, 0) is 23.8 Å². The van der Waals surface area contributed by atoms with Crippen LogP contribution < -0.4 is 16.4 Å². The van der Waals surface area contributed by atoms with E-state index in [1.807, 2.05) is 0 Å². The van der Waals surface area contributed by atoms with Crippen LogP contribution in [0.1, 0.15) is 29.0 Å². The van der Waals surface area contributed by atoms with E-state index in [-0.39, 0.29) is 11.4 Å². The first-order valence-electron chi connectivity index (χ1n) is 9.81. The predicted octanol–water partition coefficient (Wildman–Crippen LogP) is 1.73. The molecule has 2 atom stereocenters. The van der Waals surface area contributed by atoms with Crippen molar-refractivity contribution in [1.29, 1.82) is 0 Å². The molecule has 0 unspecified atom stereocenters. The molecule has 0 spiro atoms. The second-order valence-electron chi connectivity index (χ2n) is 7.67. The highest BCUT2D eigenvalue weighted by atomic mass is 19.1. The quantitative estimate of drug-likeness (QED) is 0.363. The van der Waals surface area contributed by atoms with Gasteiger partial charge in [-0.2, -0.15) is 15.3 Å². The topological polar surface area (TPSA) is 134 Å². The fourth-order valence-corrected chi connectivity index (χ4v) is 4.51. The standard InChI is InChI=1S/C21H15FN8O2/c1-30-19(23-8-25-30)15-16(9-2-4-11(22)5-3-9)26-17-13-10(7-24-28-21(13)32)6-12-14(17)18(15)27-29-20(12)31/h2-8,15-16,26H,1H3,(H,28,32)(H,29,31)/t15-,16-/m1/s1. The lowest BCUT2D eigenvalue weighted by Crippen LogP contribution is -2.30. The smallest absolute Gasteiger partial charge is 0.274 e. The third-order valence-corrected chi connectivity index (χ3v) is 5.91. The van der Waals surface area contributed by atoms with E-state index in [9.17, 15) is 14.0 Å². The van der Waals surface area contributed by atoms with Crippen LogP contribution in [-0.2, 0) is 7.05 Å². The summed E-state index contributed by atoms with van der Waals surface area (Å²) in [6.45, 7) is 0. The first-order chi connectivity index (χ1) is 15.5. The normalized spacial score (nSPS) is 17.6. The molecule has 0 amide bonds. The molecule has 3 N–H and O–H groups in total. The Labute approximate surface area is 178 Å². The van der Waals surface area contributed by atoms with Crippen LogP contribution >= 0.6 is 0 Å². The van der Waals surface area contributed by atoms with Crippen LogP contribution in [0.2, 0.25) is 0 Å². The molecule has 0 saturated heterocycles. The lowest BCUT2D eigenvalue weighted by atomic mass is 9.83. The number of hydrogen-bond donors (Lipinski definition) is 3. The van der Waals surface area contributed by atoms with Crippen LogP contribution in [0.3, 0.4) is 0 Å². The zero-order valence-corrected chi connectivity index (χ0v) is 16.6. The van der Waals surface area contributed by atoms with E-state index in [1.165, 1.54) is 24.7 Å². The number of aromatic amines is 2. The second kappa shape index (κ2) is 6.54. The van der Waals surface area contributed by atoms with Crippen molar-refractivity contribution in [1.82, 2.24) is 35.2 Å². The largest absolute Gasteiger partial charge is 0.376 e. The van der Waals surface area contributed by atoms with E-state index in [0.717, 1.165) is 5.56 Å². The molecule has 11 heteroatoms. The maximum atomic E-state index is 13.7. The lowest BCUT2D eigenvalue weighted by molar-refractivity contribution is 0.564. The highest BCUT2D eigenvalue weighted by Crippen LogP contribution is 2.47. The summed E-state index contributed by atoms with van der Waals surface area (Å²) in [4.78, 5) is 29.8. The Morgan fingerprint density at radius 2 is 1.88 bits per heavy atom. The van der Waals surface area contributed by atoms with Gasteiger partial charge >= 0.3 is 0 Å². The van der Waals surface area contributed by atoms with E-state index >= 15 is 0 Å². The van der Waals surface area contributed by atoms with Crippen molar-refractivity contribution in [3.05, 3.63) is 86.5 Å². The van der Waals surface area contributed by atoms with E-state index in [1.54, 1.807) is 29.9 Å². The van der Waals surface area contributed by atoms with E-state index in [4.69, 9.17) is 0 Å². The fraction of sp³-hybridized carbons (Fsp3) is 0.143. The maximum absolute atomic E-state index is 13.7. The predicted molar refractivity (Wildman–Crippen MR) is 114 cm³/mol. The van der Waals surface area contributed by atoms with Gasteiger partial charge in [0.15, 0.2) is 0 Å². The van der Waals surface area contributed by atoms with Gasteiger partial charge in [0.2, 0.25) is 0 Å². The number of H-pyrrole nitrogens is 2. The van der Waals surface area contributed by atoms with Gasteiger partial charge in [-0.15, -0.1) is 0 Å². The summed E-state index contributed by atoms with van der Waals surface area (Å²) in [6.07, 6.45) is 2.93. The third-order valence-electron chi connectivity index (χ3n) is 5.91. The van der Waals surface area contributed by atoms with Gasteiger partial charge in [-0.3, -0.25) is 14.3 Å². The van der Waals surface area contributed by atoms with Crippen LogP contribution in [0.4, 0.5) is 10.1 Å². The molecule has 6 rings (SSSR count). The van der Waals surface area contributed by atoms with Crippen molar-refractivity contribution in [2.45, 2.75) is 12.0 Å². The minimum absolute atomic E-state index is 0.363. The number of anilines is 1. The Morgan fingerprint density at radius 1 is 1.06 bits per heavy atom. The number of halogens is 1. The molecule has 1 aliphatic rings. The molecule has 0 aliphatic carbocycles. The summed E-state index contributed by atoms with van der Waals surface area (Å²) < 4.78 is 15.3.